The third kappa shape index (κ3) is 3.77. The fraction of sp³-hybridized carbons (Fsp3) is 0. The molecule has 0 unspecified atom stereocenters. The Labute approximate surface area is 161 Å². The molecule has 1 aromatic heterocycles. The van der Waals surface area contributed by atoms with Gasteiger partial charge in [0.2, 0.25) is 0 Å². The SMILES string of the molecule is Clc1ccc(Sc2nc(-c3ccccc3)nnc2-c2ccccc2)cc1. The van der Waals surface area contributed by atoms with Crippen LogP contribution in [0.25, 0.3) is 22.6 Å². The van der Waals surface area contributed by atoms with Gasteiger partial charge in [-0.05, 0) is 24.3 Å². The summed E-state index contributed by atoms with van der Waals surface area (Å²) in [4.78, 5) is 5.84. The molecular formula is C21H14ClN3S. The van der Waals surface area contributed by atoms with Crippen molar-refractivity contribution in [3.63, 3.8) is 0 Å². The summed E-state index contributed by atoms with van der Waals surface area (Å²) in [5, 5.41) is 10.3. The first-order chi connectivity index (χ1) is 12.8. The molecule has 0 aliphatic carbocycles. The van der Waals surface area contributed by atoms with E-state index in [1.165, 1.54) is 0 Å². The Hall–Kier alpha value is -2.69. The molecule has 4 rings (SSSR count). The second kappa shape index (κ2) is 7.68. The van der Waals surface area contributed by atoms with Crippen molar-refractivity contribution in [1.82, 2.24) is 15.2 Å². The molecule has 0 aliphatic heterocycles. The second-order valence-corrected chi connectivity index (χ2v) is 7.08. The molecule has 0 atom stereocenters. The molecule has 0 bridgehead atoms. The average Bonchev–Trinajstić information content (AvgIpc) is 2.71. The highest BCUT2D eigenvalue weighted by Gasteiger charge is 2.14. The molecule has 4 aromatic rings. The van der Waals surface area contributed by atoms with E-state index in [9.17, 15) is 0 Å². The van der Waals surface area contributed by atoms with Gasteiger partial charge in [-0.1, -0.05) is 84.0 Å². The van der Waals surface area contributed by atoms with Crippen molar-refractivity contribution in [2.45, 2.75) is 9.92 Å². The van der Waals surface area contributed by atoms with Crippen molar-refractivity contribution >= 4 is 23.4 Å². The van der Waals surface area contributed by atoms with Crippen LogP contribution in [-0.4, -0.2) is 15.2 Å². The van der Waals surface area contributed by atoms with Crippen molar-refractivity contribution in [2.75, 3.05) is 0 Å². The highest BCUT2D eigenvalue weighted by atomic mass is 35.5. The van der Waals surface area contributed by atoms with Crippen molar-refractivity contribution in [3.05, 3.63) is 90.0 Å². The molecule has 1 heterocycles. The Bertz CT molecular complexity index is 1010. The van der Waals surface area contributed by atoms with E-state index in [0.717, 1.165) is 26.7 Å². The normalized spacial score (nSPS) is 10.7. The Morgan fingerprint density at radius 1 is 0.654 bits per heavy atom. The molecule has 26 heavy (non-hydrogen) atoms. The van der Waals surface area contributed by atoms with Gasteiger partial charge >= 0.3 is 0 Å². The van der Waals surface area contributed by atoms with E-state index >= 15 is 0 Å². The van der Waals surface area contributed by atoms with Crippen LogP contribution in [0.2, 0.25) is 5.02 Å². The van der Waals surface area contributed by atoms with Crippen LogP contribution in [0.1, 0.15) is 0 Å². The van der Waals surface area contributed by atoms with Gasteiger partial charge in [-0.2, -0.15) is 0 Å². The topological polar surface area (TPSA) is 38.7 Å². The van der Waals surface area contributed by atoms with E-state index in [-0.39, 0.29) is 0 Å². The lowest BCUT2D eigenvalue weighted by Gasteiger charge is -2.09. The number of nitrogens with zero attached hydrogens (tertiary/aromatic N) is 3. The summed E-state index contributed by atoms with van der Waals surface area (Å²) >= 11 is 7.55. The molecule has 126 valence electrons. The van der Waals surface area contributed by atoms with E-state index in [0.29, 0.717) is 10.8 Å². The van der Waals surface area contributed by atoms with Crippen LogP contribution in [-0.2, 0) is 0 Å². The molecule has 0 aliphatic rings. The fourth-order valence-electron chi connectivity index (χ4n) is 2.48. The molecular weight excluding hydrogens is 362 g/mol. The minimum Gasteiger partial charge on any atom is -0.217 e. The molecule has 0 amide bonds. The van der Waals surface area contributed by atoms with E-state index in [2.05, 4.69) is 10.2 Å². The number of hydrogen-bond donors (Lipinski definition) is 0. The predicted octanol–water partition coefficient (Wildman–Crippen LogP) is 6.01. The zero-order valence-electron chi connectivity index (χ0n) is 13.7. The van der Waals surface area contributed by atoms with Gasteiger partial charge in [-0.25, -0.2) is 4.98 Å². The summed E-state index contributed by atoms with van der Waals surface area (Å²) in [7, 11) is 0. The lowest BCUT2D eigenvalue weighted by Crippen LogP contribution is -1.99. The Morgan fingerprint density at radius 3 is 1.92 bits per heavy atom. The van der Waals surface area contributed by atoms with Crippen LogP contribution in [0, 0.1) is 0 Å². The smallest absolute Gasteiger partial charge is 0.182 e. The minimum absolute atomic E-state index is 0.613. The second-order valence-electron chi connectivity index (χ2n) is 5.58. The number of aromatic nitrogens is 3. The maximum Gasteiger partial charge on any atom is 0.182 e. The molecule has 3 nitrogen and oxygen atoms in total. The van der Waals surface area contributed by atoms with Crippen LogP contribution in [0.4, 0.5) is 0 Å². The zero-order valence-corrected chi connectivity index (χ0v) is 15.3. The maximum absolute atomic E-state index is 6.00. The quantitative estimate of drug-likeness (QED) is 0.437. The number of rotatable bonds is 4. The Balaban J connectivity index is 1.80. The van der Waals surface area contributed by atoms with Crippen LogP contribution < -0.4 is 0 Å². The molecule has 0 radical (unpaired) electrons. The third-order valence-corrected chi connectivity index (χ3v) is 5.00. The Morgan fingerprint density at radius 2 is 1.27 bits per heavy atom. The summed E-state index contributed by atoms with van der Waals surface area (Å²) < 4.78 is 0. The van der Waals surface area contributed by atoms with Gasteiger partial charge in [0.15, 0.2) is 5.82 Å². The number of benzene rings is 3. The first-order valence-electron chi connectivity index (χ1n) is 8.08. The van der Waals surface area contributed by atoms with Crippen LogP contribution in [0.15, 0.2) is 94.9 Å². The van der Waals surface area contributed by atoms with Gasteiger partial charge in [-0.15, -0.1) is 10.2 Å². The largest absolute Gasteiger partial charge is 0.217 e. The van der Waals surface area contributed by atoms with Gasteiger partial charge in [0.25, 0.3) is 0 Å². The third-order valence-electron chi connectivity index (χ3n) is 3.76. The summed E-state index contributed by atoms with van der Waals surface area (Å²) in [6, 6.07) is 27.6. The molecule has 0 saturated heterocycles. The highest BCUT2D eigenvalue weighted by Crippen LogP contribution is 2.34. The molecule has 0 spiro atoms. The standard InChI is InChI=1S/C21H14ClN3S/c22-17-11-13-18(14-12-17)26-21-19(15-7-3-1-4-8-15)24-25-20(23-21)16-9-5-2-6-10-16/h1-14H. The molecule has 0 N–H and O–H groups in total. The maximum atomic E-state index is 6.00. The molecule has 0 saturated carbocycles. The van der Waals surface area contributed by atoms with Crippen LogP contribution in [0.5, 0.6) is 0 Å². The van der Waals surface area contributed by atoms with Gasteiger partial charge in [0.05, 0.1) is 0 Å². The fourth-order valence-corrected chi connectivity index (χ4v) is 3.49. The van der Waals surface area contributed by atoms with Crippen LogP contribution >= 0.6 is 23.4 Å². The number of hydrogen-bond acceptors (Lipinski definition) is 4. The summed E-state index contributed by atoms with van der Waals surface area (Å²) in [6.45, 7) is 0. The van der Waals surface area contributed by atoms with Gasteiger partial charge in [0, 0.05) is 21.0 Å². The van der Waals surface area contributed by atoms with E-state index in [1.54, 1.807) is 11.8 Å². The first kappa shape index (κ1) is 16.8. The van der Waals surface area contributed by atoms with Crippen LogP contribution in [0.3, 0.4) is 0 Å². The minimum atomic E-state index is 0.613. The van der Waals surface area contributed by atoms with Crippen molar-refractivity contribution in [3.8, 4) is 22.6 Å². The summed E-state index contributed by atoms with van der Waals surface area (Å²) in [6.07, 6.45) is 0. The Kier molecular flexibility index (Phi) is 4.95. The summed E-state index contributed by atoms with van der Waals surface area (Å²) in [5.41, 5.74) is 2.70. The van der Waals surface area contributed by atoms with Crippen molar-refractivity contribution < 1.29 is 0 Å². The lowest BCUT2D eigenvalue weighted by molar-refractivity contribution is 0.924. The van der Waals surface area contributed by atoms with Gasteiger partial charge < -0.3 is 0 Å². The average molecular weight is 376 g/mol. The lowest BCUT2D eigenvalue weighted by atomic mass is 10.2. The predicted molar refractivity (Wildman–Crippen MR) is 106 cm³/mol. The monoisotopic (exact) mass is 375 g/mol. The number of halogens is 1. The van der Waals surface area contributed by atoms with E-state index in [4.69, 9.17) is 16.6 Å². The first-order valence-corrected chi connectivity index (χ1v) is 9.28. The highest BCUT2D eigenvalue weighted by molar-refractivity contribution is 7.99. The van der Waals surface area contributed by atoms with Crippen molar-refractivity contribution in [2.24, 2.45) is 0 Å². The molecule has 5 heteroatoms. The molecule has 3 aromatic carbocycles. The van der Waals surface area contributed by atoms with Crippen molar-refractivity contribution in [1.29, 1.82) is 0 Å². The van der Waals surface area contributed by atoms with E-state index in [1.807, 2.05) is 84.9 Å². The van der Waals surface area contributed by atoms with Gasteiger partial charge in [-0.3, -0.25) is 0 Å². The molecule has 0 fully saturated rings. The van der Waals surface area contributed by atoms with Gasteiger partial charge in [0.1, 0.15) is 10.7 Å². The summed E-state index contributed by atoms with van der Waals surface area (Å²) in [5.74, 6) is 0.613. The zero-order chi connectivity index (χ0) is 17.8. The van der Waals surface area contributed by atoms with E-state index < -0.39 is 0 Å².